The fourth-order valence-corrected chi connectivity index (χ4v) is 7.70. The number of aromatic nitrogens is 2. The summed E-state index contributed by atoms with van der Waals surface area (Å²) in [5, 5.41) is 7.03. The molecule has 0 bridgehead atoms. The lowest BCUT2D eigenvalue weighted by Crippen LogP contribution is -2.28. The summed E-state index contributed by atoms with van der Waals surface area (Å²) in [6, 6.07) is 0.0761. The van der Waals surface area contributed by atoms with Crippen LogP contribution in [0.25, 0.3) is 0 Å². The van der Waals surface area contributed by atoms with Gasteiger partial charge in [-0.15, -0.1) is 0 Å². The summed E-state index contributed by atoms with van der Waals surface area (Å²) in [6.07, 6.45) is 36.3. The van der Waals surface area contributed by atoms with Crippen molar-refractivity contribution in [2.24, 2.45) is 5.92 Å². The highest BCUT2D eigenvalue weighted by Gasteiger charge is 2.15. The van der Waals surface area contributed by atoms with E-state index in [1.807, 2.05) is 0 Å². The first-order chi connectivity index (χ1) is 27.9. The van der Waals surface area contributed by atoms with E-state index in [1.165, 1.54) is 116 Å². The second-order valence-electron chi connectivity index (χ2n) is 16.8. The summed E-state index contributed by atoms with van der Waals surface area (Å²) < 4.78 is 16.5. The highest BCUT2D eigenvalue weighted by atomic mass is 16.5. The van der Waals surface area contributed by atoms with Gasteiger partial charge in [0.25, 0.3) is 5.95 Å². The van der Waals surface area contributed by atoms with Gasteiger partial charge in [-0.3, -0.25) is 9.59 Å². The molecule has 0 aliphatic rings. The zero-order valence-electron chi connectivity index (χ0n) is 37.8. The van der Waals surface area contributed by atoms with Crippen LogP contribution in [0, 0.1) is 5.92 Å². The Morgan fingerprint density at radius 1 is 0.596 bits per heavy atom. The number of esters is 2. The van der Waals surface area contributed by atoms with Crippen LogP contribution < -0.4 is 11.1 Å². The third-order valence-electron chi connectivity index (χ3n) is 11.4. The first-order valence-electron chi connectivity index (χ1n) is 24.3. The first kappa shape index (κ1) is 52.7. The van der Waals surface area contributed by atoms with Crippen molar-refractivity contribution in [1.82, 2.24) is 15.0 Å². The lowest BCUT2D eigenvalue weighted by atomic mass is 9.93. The number of hydrogen-bond donors (Lipinski definition) is 2. The highest BCUT2D eigenvalue weighted by molar-refractivity contribution is 5.69. The molecule has 1 rings (SSSR count). The molecule has 0 aliphatic carbocycles. The molecule has 57 heavy (non-hydrogen) atoms. The van der Waals surface area contributed by atoms with Crippen LogP contribution in [0.5, 0.6) is 0 Å². The molecular weight excluding hydrogens is 715 g/mol. The number of nitrogen functional groups attached to an aromatic ring is 1. The molecule has 1 heterocycles. The monoisotopic (exact) mass is 806 g/mol. The molecule has 0 radical (unpaired) electrons. The molecule has 0 spiro atoms. The minimum Gasteiger partial charge on any atom is -0.466 e. The molecule has 0 unspecified atom stereocenters. The molecule has 10 heteroatoms. The van der Waals surface area contributed by atoms with Crippen molar-refractivity contribution in [3.8, 4) is 0 Å². The standard InChI is InChI=1S/C47H91N5O5/c1-5-9-13-17-23-32-43(33-24-18-14-10-6-2)56-45(54)35-26-20-16-22-28-39-52(40-29-37-49-47-50-46(48)57-51-47)38-27-21-15-19-25-34-44(53)55-41-36-42(30-11-7-3)31-12-8-4/h42-43H,5-41H2,1-4H3,(H3,48,49,50,51). The second kappa shape index (κ2) is 39.1. The van der Waals surface area contributed by atoms with E-state index >= 15 is 0 Å². The van der Waals surface area contributed by atoms with Crippen molar-refractivity contribution < 1.29 is 23.6 Å². The zero-order chi connectivity index (χ0) is 41.4. The third-order valence-corrected chi connectivity index (χ3v) is 11.4. The number of rotatable bonds is 43. The van der Waals surface area contributed by atoms with Gasteiger partial charge in [0.1, 0.15) is 6.10 Å². The minimum atomic E-state index is -0.0245. The van der Waals surface area contributed by atoms with E-state index < -0.39 is 0 Å². The van der Waals surface area contributed by atoms with E-state index in [0.717, 1.165) is 103 Å². The molecule has 0 saturated carbocycles. The van der Waals surface area contributed by atoms with Gasteiger partial charge < -0.3 is 29.9 Å². The fourth-order valence-electron chi connectivity index (χ4n) is 7.70. The largest absolute Gasteiger partial charge is 0.466 e. The summed E-state index contributed by atoms with van der Waals surface area (Å²) in [5.74, 6) is 1.12. The van der Waals surface area contributed by atoms with E-state index in [2.05, 4.69) is 48.1 Å². The van der Waals surface area contributed by atoms with Crippen molar-refractivity contribution in [3.63, 3.8) is 0 Å². The van der Waals surface area contributed by atoms with Crippen LogP contribution in [0.3, 0.4) is 0 Å². The number of carbonyl (C=O) groups excluding carboxylic acids is 2. The van der Waals surface area contributed by atoms with E-state index in [9.17, 15) is 9.59 Å². The second-order valence-corrected chi connectivity index (χ2v) is 16.8. The maximum atomic E-state index is 12.8. The number of hydrogen-bond acceptors (Lipinski definition) is 10. The quantitative estimate of drug-likeness (QED) is 0.0485. The predicted molar refractivity (Wildman–Crippen MR) is 238 cm³/mol. The number of ether oxygens (including phenoxy) is 2. The molecule has 1 aromatic rings. The minimum absolute atomic E-state index is 0.00867. The van der Waals surface area contributed by atoms with Gasteiger partial charge in [0, 0.05) is 19.4 Å². The number of nitrogens with one attached hydrogen (secondary N) is 1. The zero-order valence-corrected chi connectivity index (χ0v) is 37.8. The van der Waals surface area contributed by atoms with Crippen molar-refractivity contribution in [2.75, 3.05) is 43.8 Å². The van der Waals surface area contributed by atoms with Crippen molar-refractivity contribution in [1.29, 1.82) is 0 Å². The number of nitrogens with zero attached hydrogens (tertiary/aromatic N) is 3. The maximum absolute atomic E-state index is 12.8. The molecule has 0 fully saturated rings. The molecule has 10 nitrogen and oxygen atoms in total. The van der Waals surface area contributed by atoms with Crippen LogP contribution in [0.2, 0.25) is 0 Å². The van der Waals surface area contributed by atoms with Crippen LogP contribution in [-0.2, 0) is 19.1 Å². The average Bonchev–Trinajstić information content (AvgIpc) is 3.63. The SMILES string of the molecule is CCCCCCCC(CCCCCCC)OC(=O)CCCCCCCN(CCCCCCCC(=O)OCCC(CCCC)CCCC)CCCNc1noc(N)n1. The molecule has 1 aromatic heterocycles. The van der Waals surface area contributed by atoms with E-state index in [1.54, 1.807) is 0 Å². The Balaban J connectivity index is 2.32. The normalized spacial score (nSPS) is 11.6. The Labute approximate surface area is 350 Å². The highest BCUT2D eigenvalue weighted by Crippen LogP contribution is 2.21. The Morgan fingerprint density at radius 2 is 1.09 bits per heavy atom. The summed E-state index contributed by atoms with van der Waals surface area (Å²) in [4.78, 5) is 31.7. The Kier molecular flexibility index (Phi) is 36.1. The molecule has 334 valence electrons. The summed E-state index contributed by atoms with van der Waals surface area (Å²) in [7, 11) is 0. The van der Waals surface area contributed by atoms with Gasteiger partial charge in [-0.2, -0.15) is 4.98 Å². The third kappa shape index (κ3) is 33.2. The molecule has 0 atom stereocenters. The van der Waals surface area contributed by atoms with E-state index in [0.29, 0.717) is 31.3 Å². The average molecular weight is 806 g/mol. The van der Waals surface area contributed by atoms with Gasteiger partial charge in [-0.25, -0.2) is 0 Å². The Bertz CT molecular complexity index is 1020. The number of unbranched alkanes of at least 4 members (excludes halogenated alkanes) is 18. The van der Waals surface area contributed by atoms with Gasteiger partial charge in [0.2, 0.25) is 0 Å². The van der Waals surface area contributed by atoms with Crippen molar-refractivity contribution >= 4 is 23.9 Å². The van der Waals surface area contributed by atoms with Gasteiger partial charge in [-0.1, -0.05) is 156 Å². The molecule has 0 aliphatic heterocycles. The maximum Gasteiger partial charge on any atom is 0.320 e. The van der Waals surface area contributed by atoms with Crippen LogP contribution >= 0.6 is 0 Å². The topological polar surface area (TPSA) is 133 Å². The lowest BCUT2D eigenvalue weighted by Gasteiger charge is -2.22. The number of nitrogens with two attached hydrogens (primary N) is 1. The molecule has 0 saturated heterocycles. The smallest absolute Gasteiger partial charge is 0.320 e. The number of anilines is 2. The van der Waals surface area contributed by atoms with Crippen molar-refractivity contribution in [3.05, 3.63) is 0 Å². The Hall–Kier alpha value is -2.36. The molecule has 3 N–H and O–H groups in total. The van der Waals surface area contributed by atoms with Gasteiger partial charge in [0.05, 0.1) is 6.61 Å². The molecular formula is C47H91N5O5. The van der Waals surface area contributed by atoms with Crippen molar-refractivity contribution in [2.45, 2.75) is 239 Å². The van der Waals surface area contributed by atoms with Crippen LogP contribution in [-0.4, -0.2) is 65.9 Å². The summed E-state index contributed by atoms with van der Waals surface area (Å²) in [5.41, 5.74) is 5.55. The van der Waals surface area contributed by atoms with E-state index in [4.69, 9.17) is 19.7 Å². The van der Waals surface area contributed by atoms with Gasteiger partial charge in [0.15, 0.2) is 0 Å². The molecule has 0 amide bonds. The van der Waals surface area contributed by atoms with Crippen LogP contribution in [0.1, 0.15) is 233 Å². The van der Waals surface area contributed by atoms with E-state index in [-0.39, 0.29) is 24.1 Å². The molecule has 0 aromatic carbocycles. The first-order valence-corrected chi connectivity index (χ1v) is 24.3. The van der Waals surface area contributed by atoms with Crippen LogP contribution in [0.15, 0.2) is 4.52 Å². The summed E-state index contributed by atoms with van der Waals surface area (Å²) in [6.45, 7) is 13.5. The number of carbonyl (C=O) groups is 2. The van der Waals surface area contributed by atoms with Gasteiger partial charge >= 0.3 is 18.0 Å². The van der Waals surface area contributed by atoms with Crippen LogP contribution in [0.4, 0.5) is 12.0 Å². The lowest BCUT2D eigenvalue weighted by molar-refractivity contribution is -0.150. The summed E-state index contributed by atoms with van der Waals surface area (Å²) >= 11 is 0. The Morgan fingerprint density at radius 3 is 1.63 bits per heavy atom. The predicted octanol–water partition coefficient (Wildman–Crippen LogP) is 13.0. The van der Waals surface area contributed by atoms with Gasteiger partial charge in [-0.05, 0) is 94.9 Å². The fraction of sp³-hybridized carbons (Fsp3) is 0.915.